The van der Waals surface area contributed by atoms with E-state index in [1.807, 2.05) is 18.3 Å². The lowest BCUT2D eigenvalue weighted by atomic mass is 9.89. The van der Waals surface area contributed by atoms with E-state index in [0.29, 0.717) is 18.0 Å². The van der Waals surface area contributed by atoms with Gasteiger partial charge in [-0.15, -0.1) is 11.3 Å². The van der Waals surface area contributed by atoms with Crippen LogP contribution in [0, 0.1) is 17.2 Å². The van der Waals surface area contributed by atoms with Crippen LogP contribution in [0.4, 0.5) is 5.82 Å². The van der Waals surface area contributed by atoms with Crippen molar-refractivity contribution in [3.8, 4) is 6.07 Å². The lowest BCUT2D eigenvalue weighted by Gasteiger charge is -2.39. The van der Waals surface area contributed by atoms with Crippen molar-refractivity contribution in [2.75, 3.05) is 31.6 Å². The van der Waals surface area contributed by atoms with Crippen LogP contribution in [-0.2, 0) is 11.2 Å². The SMILES string of the molecule is CC(C#N)C[C@H]1CCc2sc3ncnc(N[C@H]4CC[C@H](N5CCOCC5)CC4)c3c21. The van der Waals surface area contributed by atoms with Crippen LogP contribution in [0.5, 0.6) is 0 Å². The summed E-state index contributed by atoms with van der Waals surface area (Å²) in [7, 11) is 0. The second kappa shape index (κ2) is 8.78. The standard InChI is InChI=1S/C23H31N5OS/c1-15(13-24)12-16-2-7-19-20(16)21-22(25-14-26-23(21)30-19)27-17-3-5-18(6-4-17)28-8-10-29-11-9-28/h14-18H,2-12H2,1H3,(H,25,26,27)/t15?,16-,17-,18-/m1/s1. The van der Waals surface area contributed by atoms with Crippen LogP contribution < -0.4 is 5.32 Å². The minimum atomic E-state index is 0.0902. The van der Waals surface area contributed by atoms with Gasteiger partial charge in [0.05, 0.1) is 24.7 Å². The molecule has 2 aromatic heterocycles. The number of aromatic nitrogens is 2. The summed E-state index contributed by atoms with van der Waals surface area (Å²) < 4.78 is 5.52. The second-order valence-electron chi connectivity index (χ2n) is 9.14. The van der Waals surface area contributed by atoms with Crippen LogP contribution in [0.2, 0.25) is 0 Å². The fraction of sp³-hybridized carbons (Fsp3) is 0.696. The number of nitrogens with zero attached hydrogens (tertiary/aromatic N) is 4. The Labute approximate surface area is 182 Å². The first kappa shape index (κ1) is 20.2. The van der Waals surface area contributed by atoms with Crippen LogP contribution in [0.3, 0.4) is 0 Å². The summed E-state index contributed by atoms with van der Waals surface area (Å²) >= 11 is 1.83. The Morgan fingerprint density at radius 1 is 1.23 bits per heavy atom. The molecule has 3 aliphatic rings. The van der Waals surface area contributed by atoms with Crippen molar-refractivity contribution < 1.29 is 4.74 Å². The Kier molecular flexibility index (Phi) is 5.90. The van der Waals surface area contributed by atoms with Gasteiger partial charge < -0.3 is 10.1 Å². The highest BCUT2D eigenvalue weighted by molar-refractivity contribution is 7.19. The summed E-state index contributed by atoms with van der Waals surface area (Å²) in [6.07, 6.45) is 9.79. The monoisotopic (exact) mass is 425 g/mol. The zero-order chi connectivity index (χ0) is 20.5. The Bertz CT molecular complexity index is 924. The number of hydrogen-bond acceptors (Lipinski definition) is 7. The molecule has 3 heterocycles. The Morgan fingerprint density at radius 2 is 2.03 bits per heavy atom. The highest BCUT2D eigenvalue weighted by Gasteiger charge is 2.32. The molecular formula is C23H31N5OS. The van der Waals surface area contributed by atoms with Crippen LogP contribution >= 0.6 is 11.3 Å². The summed E-state index contributed by atoms with van der Waals surface area (Å²) in [5.41, 5.74) is 1.43. The summed E-state index contributed by atoms with van der Waals surface area (Å²) in [4.78, 5) is 14.5. The van der Waals surface area contributed by atoms with Gasteiger partial charge in [0, 0.05) is 36.0 Å². The maximum Gasteiger partial charge on any atom is 0.138 e. The average Bonchev–Trinajstić information content (AvgIpc) is 3.35. The van der Waals surface area contributed by atoms with Crippen molar-refractivity contribution in [2.45, 2.75) is 69.9 Å². The highest BCUT2D eigenvalue weighted by atomic mass is 32.1. The molecule has 1 unspecified atom stereocenters. The molecule has 160 valence electrons. The normalized spacial score (nSPS) is 28.2. The molecule has 2 fully saturated rings. The fourth-order valence-corrected chi connectivity index (χ4v) is 6.85. The Hall–Kier alpha value is -1.75. The Balaban J connectivity index is 1.31. The number of fused-ring (bicyclic) bond motifs is 3. The highest BCUT2D eigenvalue weighted by Crippen LogP contribution is 2.47. The minimum Gasteiger partial charge on any atom is -0.379 e. The fourth-order valence-electron chi connectivity index (χ4n) is 5.61. The van der Waals surface area contributed by atoms with E-state index in [1.165, 1.54) is 41.5 Å². The third-order valence-electron chi connectivity index (χ3n) is 7.19. The van der Waals surface area contributed by atoms with Gasteiger partial charge in [0.1, 0.15) is 17.0 Å². The van der Waals surface area contributed by atoms with E-state index in [0.717, 1.165) is 56.2 Å². The van der Waals surface area contributed by atoms with Gasteiger partial charge in [0.25, 0.3) is 0 Å². The van der Waals surface area contributed by atoms with Crippen molar-refractivity contribution in [3.05, 3.63) is 16.8 Å². The summed E-state index contributed by atoms with van der Waals surface area (Å²) in [6.45, 7) is 5.96. The van der Waals surface area contributed by atoms with E-state index in [9.17, 15) is 5.26 Å². The number of anilines is 1. The van der Waals surface area contributed by atoms with Crippen LogP contribution in [0.1, 0.15) is 61.8 Å². The van der Waals surface area contributed by atoms with Crippen LogP contribution in [0.25, 0.3) is 10.2 Å². The third-order valence-corrected chi connectivity index (χ3v) is 8.36. The van der Waals surface area contributed by atoms with Crippen LogP contribution in [-0.4, -0.2) is 53.3 Å². The quantitative estimate of drug-likeness (QED) is 0.769. The summed E-state index contributed by atoms with van der Waals surface area (Å²) in [6, 6.07) is 3.61. The average molecular weight is 426 g/mol. The molecule has 5 rings (SSSR count). The molecule has 2 atom stereocenters. The van der Waals surface area contributed by atoms with Gasteiger partial charge in [-0.05, 0) is 63.4 Å². The number of rotatable bonds is 5. The van der Waals surface area contributed by atoms with Crippen molar-refractivity contribution in [2.24, 2.45) is 5.92 Å². The van der Waals surface area contributed by atoms with E-state index < -0.39 is 0 Å². The van der Waals surface area contributed by atoms with Gasteiger partial charge in [-0.25, -0.2) is 9.97 Å². The molecule has 1 aliphatic heterocycles. The number of nitrogens with one attached hydrogen (secondary N) is 1. The van der Waals surface area contributed by atoms with Crippen molar-refractivity contribution in [3.63, 3.8) is 0 Å². The second-order valence-corrected chi connectivity index (χ2v) is 10.2. The van der Waals surface area contributed by atoms with Gasteiger partial charge in [0.15, 0.2) is 0 Å². The van der Waals surface area contributed by atoms with E-state index in [2.05, 4.69) is 26.3 Å². The molecule has 0 spiro atoms. The number of ether oxygens (including phenoxy) is 1. The maximum atomic E-state index is 9.30. The summed E-state index contributed by atoms with van der Waals surface area (Å²) in [5.74, 6) is 1.57. The maximum absolute atomic E-state index is 9.30. The number of aryl methyl sites for hydroxylation is 1. The van der Waals surface area contributed by atoms with E-state index in [1.54, 1.807) is 6.33 Å². The predicted molar refractivity (Wildman–Crippen MR) is 120 cm³/mol. The van der Waals surface area contributed by atoms with E-state index >= 15 is 0 Å². The lowest BCUT2D eigenvalue weighted by molar-refractivity contribution is 0.00791. The molecule has 0 amide bonds. The zero-order valence-electron chi connectivity index (χ0n) is 17.8. The van der Waals surface area contributed by atoms with Crippen LogP contribution in [0.15, 0.2) is 6.33 Å². The molecule has 6 nitrogen and oxygen atoms in total. The number of hydrogen-bond donors (Lipinski definition) is 1. The lowest BCUT2D eigenvalue weighted by Crippen LogP contribution is -2.46. The van der Waals surface area contributed by atoms with Gasteiger partial charge in [0.2, 0.25) is 0 Å². The first-order chi connectivity index (χ1) is 14.7. The van der Waals surface area contributed by atoms with Gasteiger partial charge in [-0.3, -0.25) is 4.90 Å². The van der Waals surface area contributed by atoms with E-state index in [-0.39, 0.29) is 5.92 Å². The molecule has 1 saturated heterocycles. The van der Waals surface area contributed by atoms with Crippen molar-refractivity contribution >= 4 is 27.4 Å². The molecule has 30 heavy (non-hydrogen) atoms. The predicted octanol–water partition coefficient (Wildman–Crippen LogP) is 4.33. The zero-order valence-corrected chi connectivity index (χ0v) is 18.6. The molecule has 1 saturated carbocycles. The molecule has 7 heteroatoms. The molecule has 2 aromatic rings. The minimum absolute atomic E-state index is 0.0902. The number of thiophene rings is 1. The van der Waals surface area contributed by atoms with Crippen molar-refractivity contribution in [1.82, 2.24) is 14.9 Å². The van der Waals surface area contributed by atoms with E-state index in [4.69, 9.17) is 4.74 Å². The largest absolute Gasteiger partial charge is 0.379 e. The molecule has 0 bridgehead atoms. The topological polar surface area (TPSA) is 74.1 Å². The summed E-state index contributed by atoms with van der Waals surface area (Å²) in [5, 5.41) is 14.3. The van der Waals surface area contributed by atoms with Gasteiger partial charge >= 0.3 is 0 Å². The number of nitriles is 1. The molecule has 2 aliphatic carbocycles. The smallest absolute Gasteiger partial charge is 0.138 e. The van der Waals surface area contributed by atoms with Crippen molar-refractivity contribution in [1.29, 1.82) is 5.26 Å². The first-order valence-corrected chi connectivity index (χ1v) is 12.3. The van der Waals surface area contributed by atoms with Gasteiger partial charge in [-0.1, -0.05) is 0 Å². The molecule has 1 N–H and O–H groups in total. The molecular weight excluding hydrogens is 394 g/mol. The third kappa shape index (κ3) is 3.93. The first-order valence-electron chi connectivity index (χ1n) is 11.5. The molecule has 0 aromatic carbocycles. The Morgan fingerprint density at radius 3 is 2.80 bits per heavy atom. The van der Waals surface area contributed by atoms with Gasteiger partial charge in [-0.2, -0.15) is 5.26 Å². The molecule has 0 radical (unpaired) electrons. The number of morpholine rings is 1.